The Labute approximate surface area is 187 Å². The van der Waals surface area contributed by atoms with Crippen LogP contribution in [0.25, 0.3) is 10.9 Å². The third-order valence-electron chi connectivity index (χ3n) is 5.89. The fourth-order valence-electron chi connectivity index (χ4n) is 4.20. The van der Waals surface area contributed by atoms with Crippen LogP contribution < -0.4 is 19.7 Å². The molecule has 5 rings (SSSR count). The van der Waals surface area contributed by atoms with Crippen molar-refractivity contribution in [3.8, 4) is 11.6 Å². The van der Waals surface area contributed by atoms with Gasteiger partial charge in [-0.2, -0.15) is 4.98 Å². The van der Waals surface area contributed by atoms with Gasteiger partial charge in [0, 0.05) is 43.8 Å². The highest BCUT2D eigenvalue weighted by Crippen LogP contribution is 2.28. The summed E-state index contributed by atoms with van der Waals surface area (Å²) in [6, 6.07) is 14.1. The number of nitrogens with zero attached hydrogens (tertiary/aromatic N) is 4. The smallest absolute Gasteiger partial charge is 0.263 e. The van der Waals surface area contributed by atoms with E-state index in [2.05, 4.69) is 49.4 Å². The SMILES string of the molecule is O=C1COc2ccc(OCCCCN3CCN(c4cccc5cccnc45)CC3)nc2N1. The summed E-state index contributed by atoms with van der Waals surface area (Å²) in [6.07, 6.45) is 3.89. The molecule has 8 nitrogen and oxygen atoms in total. The minimum Gasteiger partial charge on any atom is -0.480 e. The fourth-order valence-corrected chi connectivity index (χ4v) is 4.20. The number of benzene rings is 1. The Morgan fingerprint density at radius 2 is 1.91 bits per heavy atom. The van der Waals surface area contributed by atoms with E-state index in [9.17, 15) is 4.79 Å². The van der Waals surface area contributed by atoms with E-state index in [0.717, 1.165) is 51.1 Å². The molecule has 32 heavy (non-hydrogen) atoms. The maximum atomic E-state index is 11.4. The second-order valence-electron chi connectivity index (χ2n) is 8.07. The van der Waals surface area contributed by atoms with Crippen molar-refractivity contribution in [2.24, 2.45) is 0 Å². The molecule has 0 bridgehead atoms. The number of para-hydroxylation sites is 1. The molecule has 0 saturated carbocycles. The predicted molar refractivity (Wildman–Crippen MR) is 123 cm³/mol. The number of unbranched alkanes of at least 4 members (excludes halogenated alkanes) is 1. The molecule has 1 N–H and O–H groups in total. The van der Waals surface area contributed by atoms with E-state index in [1.54, 1.807) is 12.1 Å². The summed E-state index contributed by atoms with van der Waals surface area (Å²) in [4.78, 5) is 25.3. The Balaban J connectivity index is 1.04. The number of carbonyl (C=O) groups excluding carboxylic acids is 1. The van der Waals surface area contributed by atoms with Crippen LogP contribution in [0.15, 0.2) is 48.7 Å². The van der Waals surface area contributed by atoms with Gasteiger partial charge in [-0.25, -0.2) is 0 Å². The second-order valence-corrected chi connectivity index (χ2v) is 8.07. The van der Waals surface area contributed by atoms with E-state index in [1.165, 1.54) is 11.1 Å². The van der Waals surface area contributed by atoms with Crippen molar-refractivity contribution in [1.29, 1.82) is 0 Å². The van der Waals surface area contributed by atoms with Crippen molar-refractivity contribution in [1.82, 2.24) is 14.9 Å². The van der Waals surface area contributed by atoms with Gasteiger partial charge in [-0.3, -0.25) is 14.7 Å². The van der Waals surface area contributed by atoms with E-state index in [4.69, 9.17) is 9.47 Å². The number of hydrogen-bond acceptors (Lipinski definition) is 7. The van der Waals surface area contributed by atoms with Gasteiger partial charge in [0.05, 0.1) is 17.8 Å². The quantitative estimate of drug-likeness (QED) is 0.574. The first-order valence-corrected chi connectivity index (χ1v) is 11.1. The molecule has 8 heteroatoms. The molecule has 0 radical (unpaired) electrons. The summed E-state index contributed by atoms with van der Waals surface area (Å²) in [6.45, 7) is 5.82. The highest BCUT2D eigenvalue weighted by Gasteiger charge is 2.19. The lowest BCUT2D eigenvalue weighted by Gasteiger charge is -2.36. The molecule has 2 aliphatic rings. The van der Waals surface area contributed by atoms with Gasteiger partial charge in [0.25, 0.3) is 5.91 Å². The third kappa shape index (κ3) is 4.60. The number of piperazine rings is 1. The molecular weight excluding hydrogens is 406 g/mol. The Kier molecular flexibility index (Phi) is 6.02. The number of hydrogen-bond donors (Lipinski definition) is 1. The molecule has 1 amide bonds. The first-order chi connectivity index (χ1) is 15.8. The van der Waals surface area contributed by atoms with Crippen molar-refractivity contribution in [2.75, 3.05) is 56.2 Å². The third-order valence-corrected chi connectivity index (χ3v) is 5.89. The van der Waals surface area contributed by atoms with Gasteiger partial charge >= 0.3 is 0 Å². The van der Waals surface area contributed by atoms with Crippen LogP contribution >= 0.6 is 0 Å². The molecule has 0 atom stereocenters. The van der Waals surface area contributed by atoms with Crippen LogP contribution in [0.2, 0.25) is 0 Å². The molecule has 4 heterocycles. The summed E-state index contributed by atoms with van der Waals surface area (Å²) < 4.78 is 11.1. The molecule has 0 unspecified atom stereocenters. The maximum Gasteiger partial charge on any atom is 0.263 e. The fraction of sp³-hybridized carbons (Fsp3) is 0.375. The van der Waals surface area contributed by atoms with Gasteiger partial charge in [-0.15, -0.1) is 0 Å². The number of amides is 1. The second kappa shape index (κ2) is 9.40. The number of ether oxygens (including phenoxy) is 2. The molecule has 0 spiro atoms. The number of nitrogens with one attached hydrogen (secondary N) is 1. The van der Waals surface area contributed by atoms with Gasteiger partial charge in [-0.05, 0) is 37.6 Å². The van der Waals surface area contributed by atoms with Crippen LogP contribution in [0.4, 0.5) is 11.5 Å². The average molecular weight is 434 g/mol. The van der Waals surface area contributed by atoms with Crippen LogP contribution in [-0.2, 0) is 4.79 Å². The van der Waals surface area contributed by atoms with Gasteiger partial charge in [0.2, 0.25) is 5.88 Å². The molecule has 166 valence electrons. The monoisotopic (exact) mass is 433 g/mol. The number of rotatable bonds is 7. The number of carbonyl (C=O) groups is 1. The van der Waals surface area contributed by atoms with Crippen LogP contribution in [-0.4, -0.2) is 66.7 Å². The normalized spacial score (nSPS) is 16.4. The van der Waals surface area contributed by atoms with Crippen molar-refractivity contribution in [3.63, 3.8) is 0 Å². The minimum absolute atomic E-state index is 0.0297. The Morgan fingerprint density at radius 3 is 2.81 bits per heavy atom. The average Bonchev–Trinajstić information content (AvgIpc) is 2.83. The van der Waals surface area contributed by atoms with Crippen molar-refractivity contribution >= 4 is 28.3 Å². The lowest BCUT2D eigenvalue weighted by Crippen LogP contribution is -2.46. The zero-order chi connectivity index (χ0) is 21.8. The minimum atomic E-state index is -0.195. The molecule has 2 aromatic heterocycles. The van der Waals surface area contributed by atoms with E-state index < -0.39 is 0 Å². The van der Waals surface area contributed by atoms with Crippen molar-refractivity contribution in [2.45, 2.75) is 12.8 Å². The Morgan fingerprint density at radius 1 is 1.03 bits per heavy atom. The Hall–Kier alpha value is -3.39. The predicted octanol–water partition coefficient (Wildman–Crippen LogP) is 2.94. The zero-order valence-electron chi connectivity index (χ0n) is 18.0. The van der Waals surface area contributed by atoms with Crippen LogP contribution in [0.3, 0.4) is 0 Å². The zero-order valence-corrected chi connectivity index (χ0v) is 18.0. The summed E-state index contributed by atoms with van der Waals surface area (Å²) in [5, 5.41) is 3.89. The lowest BCUT2D eigenvalue weighted by molar-refractivity contribution is -0.118. The number of pyridine rings is 2. The van der Waals surface area contributed by atoms with Gasteiger partial charge in [0.1, 0.15) is 0 Å². The summed E-state index contributed by atoms with van der Waals surface area (Å²) >= 11 is 0. The van der Waals surface area contributed by atoms with Crippen LogP contribution in [0.5, 0.6) is 11.6 Å². The molecule has 1 fully saturated rings. The highest BCUT2D eigenvalue weighted by atomic mass is 16.5. The molecule has 2 aliphatic heterocycles. The maximum absolute atomic E-state index is 11.4. The molecule has 0 aliphatic carbocycles. The number of aromatic nitrogens is 2. The van der Waals surface area contributed by atoms with E-state index >= 15 is 0 Å². The highest BCUT2D eigenvalue weighted by molar-refractivity contribution is 5.94. The molecule has 3 aromatic rings. The van der Waals surface area contributed by atoms with Crippen LogP contribution in [0.1, 0.15) is 12.8 Å². The van der Waals surface area contributed by atoms with Gasteiger partial charge < -0.3 is 19.7 Å². The van der Waals surface area contributed by atoms with Crippen molar-refractivity contribution < 1.29 is 14.3 Å². The Bertz CT molecular complexity index is 1090. The molecular formula is C24H27N5O3. The standard InChI is InChI=1S/C24H27N5O3/c30-21-17-32-20-8-9-22(27-24(20)26-21)31-16-2-1-11-28-12-14-29(15-13-28)19-7-3-5-18-6-4-10-25-23(18)19/h3-10H,1-2,11-17H2,(H,26,27,30). The van der Waals surface area contributed by atoms with Crippen LogP contribution in [0, 0.1) is 0 Å². The lowest BCUT2D eigenvalue weighted by atomic mass is 10.1. The largest absolute Gasteiger partial charge is 0.480 e. The molecule has 1 saturated heterocycles. The summed E-state index contributed by atoms with van der Waals surface area (Å²) in [7, 11) is 0. The van der Waals surface area contributed by atoms with E-state index in [-0.39, 0.29) is 12.5 Å². The first kappa shape index (κ1) is 20.5. The van der Waals surface area contributed by atoms with Crippen molar-refractivity contribution in [3.05, 3.63) is 48.7 Å². The van der Waals surface area contributed by atoms with Gasteiger partial charge in [-0.1, -0.05) is 18.2 Å². The summed E-state index contributed by atoms with van der Waals surface area (Å²) in [5.41, 5.74) is 2.32. The number of anilines is 2. The van der Waals surface area contributed by atoms with Gasteiger partial charge in [0.15, 0.2) is 18.2 Å². The number of fused-ring (bicyclic) bond motifs is 2. The topological polar surface area (TPSA) is 79.8 Å². The van der Waals surface area contributed by atoms with E-state index in [0.29, 0.717) is 24.1 Å². The summed E-state index contributed by atoms with van der Waals surface area (Å²) in [5.74, 6) is 1.32. The molecule has 1 aromatic carbocycles. The van der Waals surface area contributed by atoms with E-state index in [1.807, 2.05) is 12.3 Å². The first-order valence-electron chi connectivity index (χ1n) is 11.1.